The van der Waals surface area contributed by atoms with Gasteiger partial charge >= 0.3 is 0 Å². The standard InChI is InChI=1S/C6H14BNO2P.C2H6.2CH4/c1-9-4-5-2-8-3-6(7-11)10-5;1-2;;/h5-6,8H,2-4,11H2,1H3;1-2H3;2*1H4/i/hT. The van der Waals surface area contributed by atoms with Gasteiger partial charge in [0.15, 0.2) is 7.00 Å². The van der Waals surface area contributed by atoms with Gasteiger partial charge in [0.2, 0.25) is 0 Å². The van der Waals surface area contributed by atoms with Gasteiger partial charge in [-0.2, -0.15) is 9.12 Å². The molecule has 1 rings (SSSR count). The molecule has 3 unspecified atom stereocenters. The van der Waals surface area contributed by atoms with Crippen LogP contribution in [0.3, 0.4) is 0 Å². The second-order valence-corrected chi connectivity index (χ2v) is 2.92. The monoisotopic (exact) mass is 238 g/mol. The summed E-state index contributed by atoms with van der Waals surface area (Å²) in [7, 11) is 4.16. The predicted octanol–water partition coefficient (Wildman–Crippen LogP) is 1.74. The Morgan fingerprint density at radius 2 is 2.13 bits per heavy atom. The molecule has 15 heavy (non-hydrogen) atoms. The minimum absolute atomic E-state index is 0. The Labute approximate surface area is 101 Å². The molecule has 3 atom stereocenters. The van der Waals surface area contributed by atoms with Crippen LogP contribution in [0.15, 0.2) is 0 Å². The number of methoxy groups -OCH3 is 1. The van der Waals surface area contributed by atoms with E-state index in [2.05, 4.69) is 9.12 Å². The summed E-state index contributed by atoms with van der Waals surface area (Å²) in [6.45, 7) is 7.72. The molecular weight excluding hydrogens is 208 g/mol. The summed E-state index contributed by atoms with van der Waals surface area (Å²) in [6, 6.07) is 0.0430. The third kappa shape index (κ3) is 9.31. The van der Waals surface area contributed by atoms with Gasteiger partial charge in [-0.05, 0) is 0 Å². The Morgan fingerprint density at radius 1 is 1.53 bits per heavy atom. The number of hydrogen-bond donors (Lipinski definition) is 1. The Balaban J connectivity index is -0.000000399. The van der Waals surface area contributed by atoms with Gasteiger partial charge in [0.1, 0.15) is 1.41 Å². The van der Waals surface area contributed by atoms with E-state index in [-0.39, 0.29) is 27.0 Å². The summed E-state index contributed by atoms with van der Waals surface area (Å²) >= 11 is 0. The Bertz CT molecular complexity index is 146. The molecule has 1 saturated heterocycles. The number of hydrogen-bond acceptors (Lipinski definition) is 3. The van der Waals surface area contributed by atoms with E-state index in [1.165, 1.54) is 5.31 Å². The second-order valence-electron chi connectivity index (χ2n) is 2.53. The average molecular weight is 238 g/mol. The first-order chi connectivity index (χ1) is 6.76. The van der Waals surface area contributed by atoms with Crippen molar-refractivity contribution in [3.8, 4) is 0 Å². The van der Waals surface area contributed by atoms with E-state index in [0.717, 1.165) is 0 Å². The van der Waals surface area contributed by atoms with Gasteiger partial charge in [-0.1, -0.05) is 28.7 Å². The van der Waals surface area contributed by atoms with E-state index in [0.29, 0.717) is 19.7 Å². The number of nitrogens with one attached hydrogen (secondary N) is 1. The summed E-state index contributed by atoms with van der Waals surface area (Å²) in [4.78, 5) is 0. The van der Waals surface area contributed by atoms with Crippen molar-refractivity contribution in [3.05, 3.63) is 0 Å². The molecule has 1 N–H and O–H groups in total. The van der Waals surface area contributed by atoms with E-state index < -0.39 is 0 Å². The summed E-state index contributed by atoms with van der Waals surface area (Å²) in [5.74, 6) is 0. The van der Waals surface area contributed by atoms with E-state index in [4.69, 9.17) is 10.9 Å². The average Bonchev–Trinajstić information content (AvgIpc) is 2.20. The maximum Gasteiger partial charge on any atom is 0.178 e. The van der Waals surface area contributed by atoms with Crippen LogP contribution in [0.25, 0.3) is 0 Å². The molecule has 1 aliphatic heterocycles. The smallest absolute Gasteiger partial charge is 0.178 e. The van der Waals surface area contributed by atoms with Gasteiger partial charge in [0.25, 0.3) is 0 Å². The summed E-state index contributed by atoms with van der Waals surface area (Å²) in [5, 5.41) is 1.51. The first-order valence-electron chi connectivity index (χ1n) is 5.14. The molecule has 0 aliphatic carbocycles. The fraction of sp³-hybridized carbons (Fsp3) is 1.00. The maximum atomic E-state index is 7.48. The quantitative estimate of drug-likeness (QED) is 0.600. The molecule has 5 heteroatoms. The topological polar surface area (TPSA) is 30.5 Å². The van der Waals surface area contributed by atoms with Crippen LogP contribution < -0.4 is 5.31 Å². The molecule has 1 aliphatic rings. The van der Waals surface area contributed by atoms with Crippen molar-refractivity contribution in [3.63, 3.8) is 0 Å². The Morgan fingerprint density at radius 3 is 2.60 bits per heavy atom. The van der Waals surface area contributed by atoms with Crippen molar-refractivity contribution < 1.29 is 10.9 Å². The van der Waals surface area contributed by atoms with E-state index in [1.807, 2.05) is 20.8 Å². The fourth-order valence-electron chi connectivity index (χ4n) is 1.06. The minimum Gasteiger partial charge on any atom is -0.382 e. The molecule has 0 saturated carbocycles. The lowest BCUT2D eigenvalue weighted by Crippen LogP contribution is -2.47. The zero-order valence-corrected chi connectivity index (χ0v) is 9.85. The molecule has 3 nitrogen and oxygen atoms in total. The fourth-order valence-corrected chi connectivity index (χ4v) is 1.28. The van der Waals surface area contributed by atoms with Crippen LogP contribution >= 0.6 is 9.12 Å². The molecular formula is C10H28BNO2P. The highest BCUT2D eigenvalue weighted by atomic mass is 31.0. The highest BCUT2D eigenvalue weighted by Gasteiger charge is 2.20. The van der Waals surface area contributed by atoms with Gasteiger partial charge < -0.3 is 14.8 Å². The Hall–Kier alpha value is 0.375. The highest BCUT2D eigenvalue weighted by Crippen LogP contribution is 2.04. The normalized spacial score (nSPS) is 26.0. The lowest BCUT2D eigenvalue weighted by Gasteiger charge is -2.29. The highest BCUT2D eigenvalue weighted by molar-refractivity contribution is 7.56. The van der Waals surface area contributed by atoms with Crippen LogP contribution in [0.4, 0.5) is 0 Å². The molecule has 1 fully saturated rings. The minimum atomic E-state index is 0. The van der Waals surface area contributed by atoms with E-state index in [9.17, 15) is 0 Å². The van der Waals surface area contributed by atoms with Gasteiger partial charge in [-0.25, -0.2) is 0 Å². The molecule has 0 aromatic heterocycles. The van der Waals surface area contributed by atoms with Crippen LogP contribution in [0, 0.1) is 0 Å². The number of ether oxygens (including phenoxy) is 2. The molecule has 0 aromatic rings. The van der Waals surface area contributed by atoms with Crippen molar-refractivity contribution in [1.82, 2.24) is 5.31 Å². The van der Waals surface area contributed by atoms with Gasteiger partial charge in [0.05, 0.1) is 12.7 Å². The van der Waals surface area contributed by atoms with Gasteiger partial charge in [-0.3, -0.25) is 0 Å². The Kier molecular flexibility index (Phi) is 17.0. The van der Waals surface area contributed by atoms with Crippen LogP contribution in [0.2, 0.25) is 1.41 Å². The third-order valence-corrected chi connectivity index (χ3v) is 2.01. The van der Waals surface area contributed by atoms with E-state index in [1.54, 1.807) is 7.11 Å². The molecule has 1 heterocycles. The summed E-state index contributed by atoms with van der Waals surface area (Å²) in [6.07, 6.45) is 0.0306. The molecule has 0 aromatic carbocycles. The predicted molar refractivity (Wildman–Crippen MR) is 73.7 cm³/mol. The number of morpholine rings is 1. The van der Waals surface area contributed by atoms with Crippen molar-refractivity contribution in [2.24, 2.45) is 0 Å². The molecule has 0 spiro atoms. The SMILES string of the molecule is C.C.CC.[3H]N1CC([B]P)OC(COC)C1. The zero-order valence-electron chi connectivity index (χ0n) is 9.69. The van der Waals surface area contributed by atoms with Crippen LogP contribution in [-0.4, -0.2) is 45.9 Å². The third-order valence-electron chi connectivity index (χ3n) is 1.58. The largest absolute Gasteiger partial charge is 0.382 e. The first-order valence-corrected chi connectivity index (χ1v) is 5.36. The van der Waals surface area contributed by atoms with Crippen molar-refractivity contribution in [2.45, 2.75) is 40.8 Å². The van der Waals surface area contributed by atoms with E-state index >= 15 is 0 Å². The molecule has 0 bridgehead atoms. The van der Waals surface area contributed by atoms with Crippen molar-refractivity contribution in [1.29, 1.82) is 0 Å². The lowest BCUT2D eigenvalue weighted by molar-refractivity contribution is -0.0368. The summed E-state index contributed by atoms with van der Waals surface area (Å²) < 4.78 is 18.0. The molecule has 0 amide bonds. The summed E-state index contributed by atoms with van der Waals surface area (Å²) in [5.41, 5.74) is 0. The van der Waals surface area contributed by atoms with Crippen LogP contribution in [0.1, 0.15) is 28.7 Å². The van der Waals surface area contributed by atoms with Crippen LogP contribution in [0.5, 0.6) is 0 Å². The van der Waals surface area contributed by atoms with Crippen molar-refractivity contribution >= 4 is 16.1 Å². The molecule has 93 valence electrons. The molecule has 1 radical (unpaired) electrons. The lowest BCUT2D eigenvalue weighted by atomic mass is 9.96. The zero-order chi connectivity index (χ0) is 11.0. The van der Waals surface area contributed by atoms with Crippen molar-refractivity contribution in [2.75, 3.05) is 26.8 Å². The number of rotatable bonds is 3. The van der Waals surface area contributed by atoms with Crippen LogP contribution in [-0.2, 0) is 9.47 Å². The van der Waals surface area contributed by atoms with Gasteiger partial charge in [-0.15, -0.1) is 0 Å². The maximum absolute atomic E-state index is 7.48. The first kappa shape index (κ1) is 17.8. The van der Waals surface area contributed by atoms with Gasteiger partial charge in [0, 0.05) is 26.2 Å². The second kappa shape index (κ2) is 14.4.